The van der Waals surface area contributed by atoms with Gasteiger partial charge in [0.05, 0.1) is 25.2 Å². The van der Waals surface area contributed by atoms with Gasteiger partial charge in [0.2, 0.25) is 0 Å². The lowest BCUT2D eigenvalue weighted by molar-refractivity contribution is -0.160. The van der Waals surface area contributed by atoms with Gasteiger partial charge in [-0.25, -0.2) is 0 Å². The molecule has 7 nitrogen and oxygen atoms in total. The van der Waals surface area contributed by atoms with Crippen LogP contribution in [0.25, 0.3) is 0 Å². The summed E-state index contributed by atoms with van der Waals surface area (Å²) in [7, 11) is -1.95. The average Bonchev–Trinajstić information content (AvgIpc) is 2.94. The van der Waals surface area contributed by atoms with E-state index < -0.39 is 28.3 Å². The fourth-order valence-electron chi connectivity index (χ4n) is 4.27. The van der Waals surface area contributed by atoms with Gasteiger partial charge in [-0.1, -0.05) is 43.2 Å². The molecule has 2 aromatic rings. The average molecular weight is 502 g/mol. The lowest BCUT2D eigenvalue weighted by atomic mass is 9.81. The molecular weight excluding hydrogens is 466 g/mol. The number of terminal acetylenes is 1. The number of hydrogen-bond donors (Lipinski definition) is 2. The monoisotopic (exact) mass is 501 g/mol. The molecule has 0 saturated heterocycles. The highest BCUT2D eigenvalue weighted by Crippen LogP contribution is 2.57. The lowest BCUT2D eigenvalue weighted by Crippen LogP contribution is -2.35. The Morgan fingerprint density at radius 3 is 2.69 bits per heavy atom. The number of benzene rings is 2. The van der Waals surface area contributed by atoms with E-state index in [-0.39, 0.29) is 19.3 Å². The zero-order valence-electron chi connectivity index (χ0n) is 21.0. The van der Waals surface area contributed by atoms with Crippen molar-refractivity contribution in [1.82, 2.24) is 4.31 Å². The Balaban J connectivity index is 2.01. The van der Waals surface area contributed by atoms with Crippen molar-refractivity contribution in [2.45, 2.75) is 57.8 Å². The number of rotatable bonds is 8. The van der Waals surface area contributed by atoms with E-state index >= 15 is 0 Å². The van der Waals surface area contributed by atoms with Crippen molar-refractivity contribution in [2.24, 2.45) is 5.41 Å². The summed E-state index contributed by atoms with van der Waals surface area (Å²) in [6.45, 7) is 8.14. The van der Waals surface area contributed by atoms with E-state index in [1.54, 1.807) is 36.4 Å². The van der Waals surface area contributed by atoms with E-state index in [0.29, 0.717) is 23.6 Å². The first-order valence-electron chi connectivity index (χ1n) is 11.6. The van der Waals surface area contributed by atoms with Crippen LogP contribution < -0.4 is 4.74 Å². The fourth-order valence-corrected chi connectivity index (χ4v) is 5.88. The van der Waals surface area contributed by atoms with E-state index in [0.717, 1.165) is 16.7 Å². The Kier molecular flexibility index (Phi) is 8.52. The van der Waals surface area contributed by atoms with Crippen LogP contribution in [0.2, 0.25) is 0 Å². The fraction of sp³-hybridized carbons (Fsp3) is 0.444. The second-order valence-electron chi connectivity index (χ2n) is 9.23. The number of carbonyl (C=O) groups is 1. The zero-order chi connectivity index (χ0) is 25.8. The van der Waals surface area contributed by atoms with Crippen LogP contribution in [0.3, 0.4) is 0 Å². The minimum atomic E-state index is -3.29. The second-order valence-corrected chi connectivity index (χ2v) is 11.2. The number of nitrogens with zero attached hydrogens (tertiary/aromatic N) is 1. The van der Waals surface area contributed by atoms with Crippen LogP contribution in [0.5, 0.6) is 5.75 Å². The number of fused-ring (bicyclic) bond motifs is 1. The molecule has 8 heteroatoms. The third kappa shape index (κ3) is 5.66. The number of hydrogen-bond acceptors (Lipinski definition) is 7. The van der Waals surface area contributed by atoms with Crippen molar-refractivity contribution in [3.8, 4) is 18.1 Å². The first-order chi connectivity index (χ1) is 16.6. The van der Waals surface area contributed by atoms with Gasteiger partial charge in [0.15, 0.2) is 0 Å². The Hall–Kier alpha value is -2.54. The summed E-state index contributed by atoms with van der Waals surface area (Å²) in [4.78, 5) is 12.9. The van der Waals surface area contributed by atoms with Crippen molar-refractivity contribution >= 4 is 16.7 Å². The first-order valence-corrected chi connectivity index (χ1v) is 13.1. The molecule has 0 bridgehead atoms. The summed E-state index contributed by atoms with van der Waals surface area (Å²) >= 11 is 0. The maximum atomic E-state index is 12.6. The minimum Gasteiger partial charge on any atom is -0.487 e. The molecule has 1 aliphatic rings. The molecule has 0 amide bonds. The number of aryl methyl sites for hydroxylation is 1. The molecule has 2 aromatic carbocycles. The third-order valence-electron chi connectivity index (χ3n) is 6.38. The van der Waals surface area contributed by atoms with Gasteiger partial charge in [0, 0.05) is 6.54 Å². The van der Waals surface area contributed by atoms with E-state index in [1.165, 1.54) is 7.11 Å². The maximum Gasteiger partial charge on any atom is 0.314 e. The Labute approximate surface area is 209 Å². The number of para-hydroxylation sites is 1. The van der Waals surface area contributed by atoms with Gasteiger partial charge in [-0.3, -0.25) is 13.9 Å². The smallest absolute Gasteiger partial charge is 0.314 e. The highest BCUT2D eigenvalue weighted by atomic mass is 32.3. The normalized spacial score (nSPS) is 19.4. The molecule has 0 spiro atoms. The number of methoxy groups -OCH3 is 1. The second kappa shape index (κ2) is 11.0. The van der Waals surface area contributed by atoms with Crippen LogP contribution in [0.15, 0.2) is 47.4 Å². The van der Waals surface area contributed by atoms with Gasteiger partial charge in [0.25, 0.3) is 0 Å². The molecule has 1 heterocycles. The van der Waals surface area contributed by atoms with Gasteiger partial charge in [0.1, 0.15) is 23.4 Å². The summed E-state index contributed by atoms with van der Waals surface area (Å²) < 4.78 is 41.4. The predicted molar refractivity (Wildman–Crippen MR) is 137 cm³/mol. The summed E-state index contributed by atoms with van der Waals surface area (Å²) in [5.41, 5.74) is 1.61. The van der Waals surface area contributed by atoms with Gasteiger partial charge >= 0.3 is 5.97 Å². The van der Waals surface area contributed by atoms with Gasteiger partial charge in [-0.15, -0.1) is 17.2 Å². The lowest BCUT2D eigenvalue weighted by Gasteiger charge is -2.42. The topological polar surface area (TPSA) is 88.5 Å². The van der Waals surface area contributed by atoms with Crippen LogP contribution in [-0.4, -0.2) is 45.7 Å². The SMILES string of the molecule is C#CCOC(c1ccc(C)c(CN2CC(CC)Oc3ccccc3S2(O)O)c1)C(C)(C)C(=O)OC. The molecule has 190 valence electrons. The van der Waals surface area contributed by atoms with Gasteiger partial charge in [-0.05, 0) is 56.0 Å². The van der Waals surface area contributed by atoms with Gasteiger partial charge < -0.3 is 14.2 Å². The Morgan fingerprint density at radius 1 is 1.31 bits per heavy atom. The standard InChI is InChI=1S/C27H35NO6S/c1-7-15-33-25(27(4,5)26(29)32-6)20-14-13-19(3)21(16-20)17-28-18-22(8-2)34-23-11-9-10-12-24(23)35(28,30)31/h1,9-14,16,22,25,30-31H,8,15,17-18H2,2-6H3. The summed E-state index contributed by atoms with van der Waals surface area (Å²) in [5, 5.41) is 0. The Morgan fingerprint density at radius 2 is 2.03 bits per heavy atom. The van der Waals surface area contributed by atoms with E-state index in [2.05, 4.69) is 5.92 Å². The number of esters is 1. The first kappa shape index (κ1) is 27.1. The molecule has 2 N–H and O–H groups in total. The largest absolute Gasteiger partial charge is 0.487 e. The van der Waals surface area contributed by atoms with E-state index in [1.807, 2.05) is 38.1 Å². The van der Waals surface area contributed by atoms with Crippen molar-refractivity contribution in [2.75, 3.05) is 20.3 Å². The van der Waals surface area contributed by atoms with Crippen molar-refractivity contribution in [1.29, 1.82) is 0 Å². The Bertz CT molecular complexity index is 1090. The summed E-state index contributed by atoms with van der Waals surface area (Å²) in [6.07, 6.45) is 5.30. The molecule has 1 aliphatic heterocycles. The molecule has 2 atom stereocenters. The van der Waals surface area contributed by atoms with Crippen LogP contribution in [0.4, 0.5) is 0 Å². The molecule has 0 radical (unpaired) electrons. The van der Waals surface area contributed by atoms with Crippen molar-refractivity contribution < 1.29 is 28.1 Å². The molecule has 3 rings (SSSR count). The highest BCUT2D eigenvalue weighted by molar-refractivity contribution is 8.22. The molecule has 0 saturated carbocycles. The molecular formula is C27H35NO6S. The summed E-state index contributed by atoms with van der Waals surface area (Å²) in [6, 6.07) is 12.8. The number of ether oxygens (including phenoxy) is 3. The van der Waals surface area contributed by atoms with Crippen LogP contribution >= 0.6 is 10.8 Å². The molecule has 0 fully saturated rings. The van der Waals surface area contributed by atoms with Crippen LogP contribution in [0, 0.1) is 24.7 Å². The third-order valence-corrected chi connectivity index (χ3v) is 8.31. The van der Waals surface area contributed by atoms with E-state index in [4.69, 9.17) is 20.6 Å². The molecule has 0 aromatic heterocycles. The van der Waals surface area contributed by atoms with Crippen molar-refractivity contribution in [3.05, 3.63) is 59.2 Å². The predicted octanol–water partition coefficient (Wildman–Crippen LogP) is 5.58. The quantitative estimate of drug-likeness (QED) is 0.360. The molecule has 2 unspecified atom stereocenters. The van der Waals surface area contributed by atoms with Gasteiger partial charge in [-0.2, -0.15) is 4.31 Å². The van der Waals surface area contributed by atoms with Crippen LogP contribution in [-0.2, 0) is 20.8 Å². The summed E-state index contributed by atoms with van der Waals surface area (Å²) in [5.74, 6) is 2.55. The zero-order valence-corrected chi connectivity index (χ0v) is 21.8. The van der Waals surface area contributed by atoms with Crippen molar-refractivity contribution in [3.63, 3.8) is 0 Å². The number of carbonyl (C=O) groups excluding carboxylic acids is 1. The minimum absolute atomic E-state index is 0.0350. The highest BCUT2D eigenvalue weighted by Gasteiger charge is 2.40. The van der Waals surface area contributed by atoms with E-state index in [9.17, 15) is 13.9 Å². The molecule has 35 heavy (non-hydrogen) atoms. The molecule has 0 aliphatic carbocycles. The van der Waals surface area contributed by atoms with Crippen LogP contribution in [0.1, 0.15) is 50.0 Å². The maximum absolute atomic E-state index is 12.6.